The van der Waals surface area contributed by atoms with Crippen LogP contribution in [0.3, 0.4) is 0 Å². The van der Waals surface area contributed by atoms with Gasteiger partial charge in [-0.05, 0) is 29.8 Å². The van der Waals surface area contributed by atoms with Crippen LogP contribution < -0.4 is 5.43 Å². The van der Waals surface area contributed by atoms with Gasteiger partial charge in [0.2, 0.25) is 11.3 Å². The lowest BCUT2D eigenvalue weighted by Crippen LogP contribution is -2.31. The number of aromatic nitrogens is 2. The third kappa shape index (κ3) is 3.83. The minimum Gasteiger partial charge on any atom is -0.340 e. The summed E-state index contributed by atoms with van der Waals surface area (Å²) in [6.45, 7) is 0.384. The maximum atomic E-state index is 12.5. The van der Waals surface area contributed by atoms with Crippen molar-refractivity contribution in [1.29, 1.82) is 0 Å². The van der Waals surface area contributed by atoms with Crippen LogP contribution in [0.5, 0.6) is 0 Å². The number of hydrogen-bond acceptors (Lipinski definition) is 3. The van der Waals surface area contributed by atoms with Crippen molar-refractivity contribution in [2.45, 2.75) is 13.1 Å². The molecular weight excluding hydrogens is 361 g/mol. The molecule has 0 aliphatic rings. The van der Waals surface area contributed by atoms with Gasteiger partial charge in [-0.15, -0.1) is 0 Å². The summed E-state index contributed by atoms with van der Waals surface area (Å²) in [6, 6.07) is 12.3. The number of fused-ring (bicyclic) bond motifs is 1. The highest BCUT2D eigenvalue weighted by Gasteiger charge is 2.14. The third-order valence-corrected chi connectivity index (χ3v) is 4.48. The van der Waals surface area contributed by atoms with Crippen molar-refractivity contribution in [2.24, 2.45) is 0 Å². The van der Waals surface area contributed by atoms with Gasteiger partial charge in [0.1, 0.15) is 6.54 Å². The summed E-state index contributed by atoms with van der Waals surface area (Å²) < 4.78 is 1.53. The molecule has 3 rings (SSSR count). The number of likely N-dealkylation sites (N-methyl/N-ethyl adjacent to an activating group) is 1. The third-order valence-electron chi connectivity index (χ3n) is 3.90. The van der Waals surface area contributed by atoms with Crippen LogP contribution in [-0.2, 0) is 17.9 Å². The first-order valence-electron chi connectivity index (χ1n) is 7.58. The van der Waals surface area contributed by atoms with Gasteiger partial charge in [-0.2, -0.15) is 5.10 Å². The van der Waals surface area contributed by atoms with Crippen LogP contribution in [0.4, 0.5) is 0 Å². The summed E-state index contributed by atoms with van der Waals surface area (Å²) in [7, 11) is 1.69. The molecule has 128 valence electrons. The lowest BCUT2D eigenvalue weighted by Gasteiger charge is -2.19. The normalized spacial score (nSPS) is 10.8. The Kier molecular flexibility index (Phi) is 5.06. The molecule has 1 aromatic heterocycles. The summed E-state index contributed by atoms with van der Waals surface area (Å²) in [5.74, 6) is -0.146. The van der Waals surface area contributed by atoms with E-state index >= 15 is 0 Å². The van der Waals surface area contributed by atoms with Crippen molar-refractivity contribution in [2.75, 3.05) is 7.05 Å². The summed E-state index contributed by atoms with van der Waals surface area (Å²) in [4.78, 5) is 26.0. The van der Waals surface area contributed by atoms with E-state index in [-0.39, 0.29) is 17.9 Å². The summed E-state index contributed by atoms with van der Waals surface area (Å²) >= 11 is 12.0. The number of carbonyl (C=O) groups excluding carboxylic acids is 1. The van der Waals surface area contributed by atoms with Crippen LogP contribution in [0, 0.1) is 0 Å². The first-order chi connectivity index (χ1) is 12.0. The summed E-state index contributed by atoms with van der Waals surface area (Å²) in [5, 5.41) is 5.67. The highest BCUT2D eigenvalue weighted by Crippen LogP contribution is 2.22. The smallest absolute Gasteiger partial charge is 0.244 e. The number of amides is 1. The van der Waals surface area contributed by atoms with E-state index in [1.54, 1.807) is 48.3 Å². The molecule has 0 radical (unpaired) electrons. The molecule has 0 aliphatic carbocycles. The molecule has 7 heteroatoms. The zero-order valence-corrected chi connectivity index (χ0v) is 15.0. The molecular formula is C18H15Cl2N3O2. The zero-order chi connectivity index (χ0) is 18.0. The van der Waals surface area contributed by atoms with Crippen molar-refractivity contribution < 1.29 is 4.79 Å². The molecule has 0 spiro atoms. The number of nitrogens with zero attached hydrogens (tertiary/aromatic N) is 3. The van der Waals surface area contributed by atoms with Crippen molar-refractivity contribution in [3.63, 3.8) is 0 Å². The maximum absolute atomic E-state index is 12.5. The molecule has 0 saturated heterocycles. The highest BCUT2D eigenvalue weighted by molar-refractivity contribution is 6.35. The second kappa shape index (κ2) is 7.25. The van der Waals surface area contributed by atoms with Crippen LogP contribution in [0.1, 0.15) is 5.56 Å². The van der Waals surface area contributed by atoms with E-state index in [4.69, 9.17) is 23.2 Å². The molecule has 25 heavy (non-hydrogen) atoms. The second-order valence-corrected chi connectivity index (χ2v) is 6.51. The van der Waals surface area contributed by atoms with E-state index in [0.717, 1.165) is 5.56 Å². The highest BCUT2D eigenvalue weighted by atomic mass is 35.5. The number of hydrogen-bond donors (Lipinski definition) is 0. The molecule has 1 heterocycles. The number of rotatable bonds is 4. The van der Waals surface area contributed by atoms with Crippen molar-refractivity contribution in [3.05, 3.63) is 74.5 Å². The van der Waals surface area contributed by atoms with Crippen LogP contribution in [0.25, 0.3) is 10.9 Å². The Morgan fingerprint density at radius 3 is 2.72 bits per heavy atom. The van der Waals surface area contributed by atoms with Gasteiger partial charge in [0.15, 0.2) is 0 Å². The van der Waals surface area contributed by atoms with E-state index in [1.165, 1.54) is 10.9 Å². The van der Waals surface area contributed by atoms with Gasteiger partial charge in [-0.1, -0.05) is 41.4 Å². The number of carbonyl (C=O) groups is 1. The van der Waals surface area contributed by atoms with E-state index < -0.39 is 0 Å². The molecule has 1 amide bonds. The molecule has 0 N–H and O–H groups in total. The first kappa shape index (κ1) is 17.5. The molecule has 0 unspecified atom stereocenters. The molecule has 5 nitrogen and oxygen atoms in total. The number of halogens is 2. The van der Waals surface area contributed by atoms with Gasteiger partial charge < -0.3 is 4.90 Å². The fourth-order valence-corrected chi connectivity index (χ4v) is 3.00. The fraction of sp³-hybridized carbons (Fsp3) is 0.167. The lowest BCUT2D eigenvalue weighted by molar-refractivity contribution is -0.131. The van der Waals surface area contributed by atoms with E-state index in [1.807, 2.05) is 6.07 Å². The molecule has 2 aromatic carbocycles. The summed E-state index contributed by atoms with van der Waals surface area (Å²) in [6.07, 6.45) is 1.23. The SMILES string of the molecule is CN(Cc1ccc(Cl)cc1Cl)C(=O)Cn1ncc(=O)c2ccccc21. The van der Waals surface area contributed by atoms with E-state index in [0.29, 0.717) is 27.5 Å². The Morgan fingerprint density at radius 1 is 1.20 bits per heavy atom. The summed E-state index contributed by atoms with van der Waals surface area (Å²) in [5.41, 5.74) is 1.27. The van der Waals surface area contributed by atoms with E-state index in [2.05, 4.69) is 5.10 Å². The van der Waals surface area contributed by atoms with Gasteiger partial charge in [0.25, 0.3) is 0 Å². The topological polar surface area (TPSA) is 55.2 Å². The molecule has 0 fully saturated rings. The Morgan fingerprint density at radius 2 is 1.96 bits per heavy atom. The van der Waals surface area contributed by atoms with Crippen molar-refractivity contribution in [1.82, 2.24) is 14.7 Å². The Bertz CT molecular complexity index is 1000. The Hall–Kier alpha value is -2.37. The van der Waals surface area contributed by atoms with Crippen molar-refractivity contribution in [3.8, 4) is 0 Å². The van der Waals surface area contributed by atoms with Gasteiger partial charge in [0, 0.05) is 29.0 Å². The lowest BCUT2D eigenvalue weighted by atomic mass is 10.2. The monoisotopic (exact) mass is 375 g/mol. The van der Waals surface area contributed by atoms with Crippen LogP contribution in [-0.4, -0.2) is 27.6 Å². The molecule has 3 aromatic rings. The quantitative estimate of drug-likeness (QED) is 0.702. The van der Waals surface area contributed by atoms with Gasteiger partial charge in [-0.3, -0.25) is 14.3 Å². The van der Waals surface area contributed by atoms with Crippen molar-refractivity contribution >= 4 is 40.0 Å². The minimum atomic E-state index is -0.166. The average Bonchev–Trinajstić information content (AvgIpc) is 2.60. The van der Waals surface area contributed by atoms with Crippen LogP contribution in [0.15, 0.2) is 53.5 Å². The van der Waals surface area contributed by atoms with E-state index in [9.17, 15) is 9.59 Å². The molecule has 0 saturated carbocycles. The number of benzene rings is 2. The number of para-hydroxylation sites is 1. The maximum Gasteiger partial charge on any atom is 0.244 e. The average molecular weight is 376 g/mol. The zero-order valence-electron chi connectivity index (χ0n) is 13.4. The predicted molar refractivity (Wildman–Crippen MR) is 98.9 cm³/mol. The predicted octanol–water partition coefficient (Wildman–Crippen LogP) is 3.36. The standard InChI is InChI=1S/C18H15Cl2N3O2/c1-22(10-12-6-7-13(19)8-15(12)20)18(25)11-23-16-5-3-2-4-14(16)17(24)9-21-23/h2-9H,10-11H2,1H3. The van der Waals surface area contributed by atoms with Gasteiger partial charge in [0.05, 0.1) is 11.7 Å². The van der Waals surface area contributed by atoms with Crippen LogP contribution in [0.2, 0.25) is 10.0 Å². The Labute approximate surface area is 154 Å². The molecule has 0 aliphatic heterocycles. The Balaban J connectivity index is 1.80. The first-order valence-corrected chi connectivity index (χ1v) is 8.34. The molecule has 0 atom stereocenters. The van der Waals surface area contributed by atoms with Gasteiger partial charge in [-0.25, -0.2) is 0 Å². The fourth-order valence-electron chi connectivity index (χ4n) is 2.53. The largest absolute Gasteiger partial charge is 0.340 e. The molecule has 0 bridgehead atoms. The second-order valence-electron chi connectivity index (χ2n) is 5.67. The van der Waals surface area contributed by atoms with Crippen LogP contribution >= 0.6 is 23.2 Å². The minimum absolute atomic E-state index is 0.0303. The van der Waals surface area contributed by atoms with Gasteiger partial charge >= 0.3 is 0 Å².